The van der Waals surface area contributed by atoms with Crippen LogP contribution in [-0.4, -0.2) is 138 Å². The van der Waals surface area contributed by atoms with E-state index < -0.39 is 92.4 Å². The van der Waals surface area contributed by atoms with Crippen molar-refractivity contribution in [3.8, 4) is 0 Å². The van der Waals surface area contributed by atoms with E-state index in [9.17, 15) is 50.4 Å². The van der Waals surface area contributed by atoms with Crippen LogP contribution < -0.4 is 10.6 Å². The fraction of sp³-hybridized carbons (Fsp3) is 0.949. The maximum absolute atomic E-state index is 14.1. The highest BCUT2D eigenvalue weighted by atomic mass is 16.4. The number of carbonyl (C=O) groups excluding carboxylic acids is 2. The summed E-state index contributed by atoms with van der Waals surface area (Å²) < 4.78 is 0. The van der Waals surface area contributed by atoms with Gasteiger partial charge in [0.05, 0.1) is 25.4 Å². The number of hydrogen-bond acceptors (Lipinski definition) is 12. The highest BCUT2D eigenvalue weighted by Gasteiger charge is 2.45. The van der Waals surface area contributed by atoms with Crippen LogP contribution >= 0.6 is 0 Å². The van der Waals surface area contributed by atoms with Gasteiger partial charge >= 0.3 is 0 Å². The van der Waals surface area contributed by atoms with Crippen LogP contribution in [0.2, 0.25) is 0 Å². The largest absolute Gasteiger partial charge is 0.394 e. The van der Waals surface area contributed by atoms with Crippen molar-refractivity contribution in [3.05, 3.63) is 0 Å². The summed E-state index contributed by atoms with van der Waals surface area (Å²) in [6.07, 6.45) is 6.30. The standard InChI is InChI=1S/C39H78N2O12/c1-3-5-7-9-11-13-15-17-19-21-23-39(24-22-20-18-16-14-12-10-8-6-4-2,37(52)40-25-29(44)33(48)35(50)31(46)27-42)38(53)41-26-30(45)34(49)36(51)32(47)28-43/h29-36,42-51H,3-28H2,1-2H3,(H,40,52)(H,41,53)/t29-,30-,31-,32-,33+,34+,35+,36+/m1/s1. The van der Waals surface area contributed by atoms with Gasteiger partial charge < -0.3 is 61.7 Å². The highest BCUT2D eigenvalue weighted by Crippen LogP contribution is 2.34. The van der Waals surface area contributed by atoms with Crippen LogP contribution in [0.15, 0.2) is 0 Å². The van der Waals surface area contributed by atoms with Gasteiger partial charge in [0.15, 0.2) is 0 Å². The van der Waals surface area contributed by atoms with Crippen LogP contribution in [0, 0.1) is 5.41 Å². The molecule has 8 atom stereocenters. The molecule has 0 aliphatic rings. The van der Waals surface area contributed by atoms with E-state index in [2.05, 4.69) is 24.5 Å². The van der Waals surface area contributed by atoms with Crippen molar-refractivity contribution in [2.24, 2.45) is 5.41 Å². The normalized spacial score (nSPS) is 16.7. The molecule has 2 amide bonds. The van der Waals surface area contributed by atoms with Gasteiger partial charge in [0, 0.05) is 13.1 Å². The van der Waals surface area contributed by atoms with Gasteiger partial charge in [-0.1, -0.05) is 142 Å². The Morgan fingerprint density at radius 2 is 0.660 bits per heavy atom. The molecule has 53 heavy (non-hydrogen) atoms. The predicted molar refractivity (Wildman–Crippen MR) is 204 cm³/mol. The molecule has 0 aromatic rings. The molecule has 12 N–H and O–H groups in total. The summed E-state index contributed by atoms with van der Waals surface area (Å²) in [7, 11) is 0. The van der Waals surface area contributed by atoms with Crippen LogP contribution in [0.5, 0.6) is 0 Å². The molecule has 0 aliphatic carbocycles. The van der Waals surface area contributed by atoms with Crippen LogP contribution in [0.3, 0.4) is 0 Å². The first-order chi connectivity index (χ1) is 25.3. The minimum Gasteiger partial charge on any atom is -0.394 e. The van der Waals surface area contributed by atoms with Crippen molar-refractivity contribution in [2.45, 2.75) is 204 Å². The third-order valence-electron chi connectivity index (χ3n) is 10.4. The second-order valence-electron chi connectivity index (χ2n) is 15.0. The van der Waals surface area contributed by atoms with E-state index in [1.165, 1.54) is 51.4 Å². The van der Waals surface area contributed by atoms with Gasteiger partial charge in [-0.05, 0) is 12.8 Å². The summed E-state index contributed by atoms with van der Waals surface area (Å²) in [5, 5.41) is 105. The molecule has 0 saturated carbocycles. The molecule has 0 spiro atoms. The minimum atomic E-state index is -1.91. The summed E-state index contributed by atoms with van der Waals surface area (Å²) in [5.74, 6) is -1.48. The molecule has 14 nitrogen and oxygen atoms in total. The zero-order chi connectivity index (χ0) is 40.1. The average molecular weight is 767 g/mol. The average Bonchev–Trinajstić information content (AvgIpc) is 3.17. The number of unbranched alkanes of at least 4 members (excludes halogenated alkanes) is 18. The Bertz CT molecular complexity index is 831. The van der Waals surface area contributed by atoms with Crippen molar-refractivity contribution in [2.75, 3.05) is 26.3 Å². The lowest BCUT2D eigenvalue weighted by atomic mass is 9.75. The van der Waals surface area contributed by atoms with Crippen LogP contribution in [-0.2, 0) is 9.59 Å². The van der Waals surface area contributed by atoms with Gasteiger partial charge in [-0.3, -0.25) is 9.59 Å². The molecule has 0 aliphatic heterocycles. The van der Waals surface area contributed by atoms with Gasteiger partial charge in [0.2, 0.25) is 11.8 Å². The van der Waals surface area contributed by atoms with Crippen LogP contribution in [0.4, 0.5) is 0 Å². The first kappa shape index (κ1) is 51.5. The Morgan fingerprint density at radius 3 is 0.925 bits per heavy atom. The molecule has 14 heteroatoms. The molecule has 0 bridgehead atoms. The van der Waals surface area contributed by atoms with E-state index in [0.29, 0.717) is 12.8 Å². The first-order valence-electron chi connectivity index (χ1n) is 20.6. The number of aliphatic hydroxyl groups excluding tert-OH is 10. The molecule has 0 aromatic carbocycles. The summed E-state index contributed by atoms with van der Waals surface area (Å²) in [4.78, 5) is 28.1. The number of nitrogens with one attached hydrogen (secondary N) is 2. The number of rotatable bonds is 36. The van der Waals surface area contributed by atoms with Gasteiger partial charge in [-0.25, -0.2) is 0 Å². The smallest absolute Gasteiger partial charge is 0.235 e. The lowest BCUT2D eigenvalue weighted by molar-refractivity contribution is -0.147. The van der Waals surface area contributed by atoms with Crippen molar-refractivity contribution in [3.63, 3.8) is 0 Å². The summed E-state index contributed by atoms with van der Waals surface area (Å²) in [6.45, 7) is 1.47. The molecular weight excluding hydrogens is 688 g/mol. The lowest BCUT2D eigenvalue weighted by Gasteiger charge is -2.33. The van der Waals surface area contributed by atoms with E-state index >= 15 is 0 Å². The van der Waals surface area contributed by atoms with E-state index in [-0.39, 0.29) is 12.8 Å². The molecule has 0 rings (SSSR count). The lowest BCUT2D eigenvalue weighted by Crippen LogP contribution is -2.56. The highest BCUT2D eigenvalue weighted by molar-refractivity contribution is 6.05. The maximum atomic E-state index is 14.1. The van der Waals surface area contributed by atoms with Crippen molar-refractivity contribution in [1.29, 1.82) is 0 Å². The minimum absolute atomic E-state index is 0.133. The Balaban J connectivity index is 5.93. The van der Waals surface area contributed by atoms with E-state index in [1.807, 2.05) is 0 Å². The monoisotopic (exact) mass is 767 g/mol. The topological polar surface area (TPSA) is 260 Å². The van der Waals surface area contributed by atoms with Gasteiger partial charge in [0.25, 0.3) is 0 Å². The molecule has 0 heterocycles. The molecule has 316 valence electrons. The maximum Gasteiger partial charge on any atom is 0.235 e. The second-order valence-corrected chi connectivity index (χ2v) is 15.0. The third kappa shape index (κ3) is 21.4. The quantitative estimate of drug-likeness (QED) is 0.0321. The van der Waals surface area contributed by atoms with Crippen molar-refractivity contribution in [1.82, 2.24) is 10.6 Å². The Hall–Kier alpha value is -1.46. The number of amides is 2. The van der Waals surface area contributed by atoms with E-state index in [1.54, 1.807) is 0 Å². The van der Waals surface area contributed by atoms with Gasteiger partial charge in [0.1, 0.15) is 42.0 Å². The second kappa shape index (κ2) is 31.7. The van der Waals surface area contributed by atoms with Gasteiger partial charge in [-0.2, -0.15) is 0 Å². The summed E-state index contributed by atoms with van der Waals surface area (Å²) in [5.41, 5.74) is -1.68. The molecule has 0 radical (unpaired) electrons. The number of hydrogen-bond donors (Lipinski definition) is 12. The van der Waals surface area contributed by atoms with Crippen LogP contribution in [0.1, 0.15) is 155 Å². The molecule has 0 saturated heterocycles. The summed E-state index contributed by atoms with van der Waals surface area (Å²) >= 11 is 0. The van der Waals surface area contributed by atoms with Gasteiger partial charge in [-0.15, -0.1) is 0 Å². The van der Waals surface area contributed by atoms with Crippen molar-refractivity contribution >= 4 is 11.8 Å². The predicted octanol–water partition coefficient (Wildman–Crippen LogP) is 1.70. The molecular formula is C39H78N2O12. The fourth-order valence-electron chi connectivity index (χ4n) is 6.61. The summed E-state index contributed by atoms with van der Waals surface area (Å²) in [6, 6.07) is 0. The van der Waals surface area contributed by atoms with Crippen LogP contribution in [0.25, 0.3) is 0 Å². The zero-order valence-electron chi connectivity index (χ0n) is 32.8. The molecule has 0 unspecified atom stereocenters. The number of carbonyl (C=O) groups is 2. The first-order valence-corrected chi connectivity index (χ1v) is 20.6. The third-order valence-corrected chi connectivity index (χ3v) is 10.4. The SMILES string of the molecule is CCCCCCCCCCCCC(CCCCCCCCCCCC)(C(=O)NC[C@@H](O)[C@H](O)[C@@H](O)[C@H](O)CO)C(=O)NC[C@@H](O)[C@H](O)[C@@H](O)[C@H](O)CO. The van der Waals surface area contributed by atoms with E-state index in [4.69, 9.17) is 10.2 Å². The number of aliphatic hydroxyl groups is 10. The Morgan fingerprint density at radius 1 is 0.415 bits per heavy atom. The van der Waals surface area contributed by atoms with Crippen molar-refractivity contribution < 1.29 is 60.7 Å². The Kier molecular flexibility index (Phi) is 30.8. The molecule has 0 fully saturated rings. The zero-order valence-corrected chi connectivity index (χ0v) is 32.8. The van der Waals surface area contributed by atoms with E-state index in [0.717, 1.165) is 64.2 Å². The molecule has 0 aromatic heterocycles. The Labute approximate surface area is 318 Å². The fourth-order valence-corrected chi connectivity index (χ4v) is 6.61.